The van der Waals surface area contributed by atoms with E-state index in [9.17, 15) is 4.79 Å². The Bertz CT molecular complexity index is 795. The highest BCUT2D eigenvalue weighted by atomic mass is 79.9. The van der Waals surface area contributed by atoms with E-state index in [1.807, 2.05) is 29.6 Å². The van der Waals surface area contributed by atoms with Crippen LogP contribution >= 0.6 is 38.6 Å². The van der Waals surface area contributed by atoms with Gasteiger partial charge in [-0.3, -0.25) is 4.79 Å². The molecule has 21 heavy (non-hydrogen) atoms. The van der Waals surface area contributed by atoms with Crippen molar-refractivity contribution in [3.05, 3.63) is 49.9 Å². The van der Waals surface area contributed by atoms with Crippen LogP contribution in [0, 0.1) is 0 Å². The minimum absolute atomic E-state index is 0.0315. The van der Waals surface area contributed by atoms with Crippen molar-refractivity contribution in [3.8, 4) is 0 Å². The summed E-state index contributed by atoms with van der Waals surface area (Å²) in [6, 6.07) is 7.92. The summed E-state index contributed by atoms with van der Waals surface area (Å²) in [4.78, 5) is 14.9. The summed E-state index contributed by atoms with van der Waals surface area (Å²) in [7, 11) is 1.81. The van der Waals surface area contributed by atoms with Crippen LogP contribution in [0.5, 0.6) is 0 Å². The number of benzene rings is 1. The van der Waals surface area contributed by atoms with Gasteiger partial charge in [-0.15, -0.1) is 11.3 Å². The van der Waals surface area contributed by atoms with Crippen molar-refractivity contribution in [2.45, 2.75) is 6.54 Å². The lowest BCUT2D eigenvalue weighted by molar-refractivity contribution is 0.0791. The van der Waals surface area contributed by atoms with E-state index in [4.69, 9.17) is 5.73 Å². The molecule has 108 valence electrons. The molecule has 3 rings (SSSR count). The molecule has 0 saturated carbocycles. The monoisotopic (exact) mass is 380 g/mol. The lowest BCUT2D eigenvalue weighted by Gasteiger charge is -2.15. The van der Waals surface area contributed by atoms with Crippen molar-refractivity contribution in [2.75, 3.05) is 12.8 Å². The third kappa shape index (κ3) is 2.84. The predicted octanol–water partition coefficient (Wildman–Crippen LogP) is 4.58. The maximum absolute atomic E-state index is 12.6. The summed E-state index contributed by atoms with van der Waals surface area (Å²) < 4.78 is 1.99. The molecule has 0 spiro atoms. The predicted molar refractivity (Wildman–Crippen MR) is 94.1 cm³/mol. The minimum atomic E-state index is -0.0315. The first-order valence-corrected chi connectivity index (χ1v) is 8.85. The molecule has 0 saturated heterocycles. The van der Waals surface area contributed by atoms with Gasteiger partial charge in [-0.05, 0) is 40.6 Å². The van der Waals surface area contributed by atoms with E-state index in [0.29, 0.717) is 17.1 Å². The zero-order valence-corrected chi connectivity index (χ0v) is 14.5. The summed E-state index contributed by atoms with van der Waals surface area (Å²) in [5.41, 5.74) is 7.87. The molecule has 6 heteroatoms. The third-order valence-electron chi connectivity index (χ3n) is 3.23. The molecule has 2 aromatic heterocycles. The van der Waals surface area contributed by atoms with Gasteiger partial charge in [0.25, 0.3) is 5.91 Å². The molecular weight excluding hydrogens is 368 g/mol. The number of carbonyl (C=O) groups is 1. The Morgan fingerprint density at radius 2 is 2.19 bits per heavy atom. The number of hydrogen-bond donors (Lipinski definition) is 1. The fourth-order valence-electron chi connectivity index (χ4n) is 2.15. The highest BCUT2D eigenvalue weighted by molar-refractivity contribution is 9.10. The van der Waals surface area contributed by atoms with Crippen LogP contribution in [-0.2, 0) is 6.54 Å². The molecule has 3 aromatic rings. The Kier molecular flexibility index (Phi) is 4.01. The highest BCUT2D eigenvalue weighted by Gasteiger charge is 2.20. The number of nitrogens with two attached hydrogens (primary N) is 1. The molecule has 1 aromatic carbocycles. The molecule has 0 atom stereocenters. The van der Waals surface area contributed by atoms with Gasteiger partial charge >= 0.3 is 0 Å². The molecule has 0 radical (unpaired) electrons. The number of amides is 1. The van der Waals surface area contributed by atoms with E-state index >= 15 is 0 Å². The van der Waals surface area contributed by atoms with Crippen LogP contribution in [0.15, 0.2) is 39.5 Å². The van der Waals surface area contributed by atoms with Crippen molar-refractivity contribution in [2.24, 2.45) is 0 Å². The van der Waals surface area contributed by atoms with Crippen molar-refractivity contribution >= 4 is 60.3 Å². The van der Waals surface area contributed by atoms with E-state index < -0.39 is 0 Å². The van der Waals surface area contributed by atoms with E-state index in [1.165, 1.54) is 11.3 Å². The lowest BCUT2D eigenvalue weighted by atomic mass is 10.2. The van der Waals surface area contributed by atoms with Gasteiger partial charge in [0.2, 0.25) is 0 Å². The van der Waals surface area contributed by atoms with E-state index in [0.717, 1.165) is 20.1 Å². The molecule has 0 aliphatic carbocycles. The zero-order valence-electron chi connectivity index (χ0n) is 11.3. The molecule has 0 bridgehead atoms. The smallest absolute Gasteiger partial charge is 0.266 e. The van der Waals surface area contributed by atoms with Crippen molar-refractivity contribution < 1.29 is 4.79 Å². The van der Waals surface area contributed by atoms with Gasteiger partial charge in [0.1, 0.15) is 4.88 Å². The number of carbonyl (C=O) groups excluding carboxylic acids is 1. The third-order valence-corrected chi connectivity index (χ3v) is 5.63. The molecule has 0 aliphatic rings. The van der Waals surface area contributed by atoms with Crippen molar-refractivity contribution in [1.82, 2.24) is 4.90 Å². The largest absolute Gasteiger partial charge is 0.397 e. The average molecular weight is 381 g/mol. The van der Waals surface area contributed by atoms with Gasteiger partial charge in [-0.1, -0.05) is 15.9 Å². The maximum atomic E-state index is 12.6. The number of fused-ring (bicyclic) bond motifs is 1. The lowest BCUT2D eigenvalue weighted by Crippen LogP contribution is -2.25. The van der Waals surface area contributed by atoms with Gasteiger partial charge in [-0.25, -0.2) is 0 Å². The number of hydrogen-bond acceptors (Lipinski definition) is 4. The minimum Gasteiger partial charge on any atom is -0.397 e. The second kappa shape index (κ2) is 5.79. The Balaban J connectivity index is 1.92. The number of halogens is 1. The molecule has 0 unspecified atom stereocenters. The van der Waals surface area contributed by atoms with Crippen LogP contribution in [0.25, 0.3) is 10.1 Å². The fraction of sp³-hybridized carbons (Fsp3) is 0.133. The van der Waals surface area contributed by atoms with Crippen molar-refractivity contribution in [3.63, 3.8) is 0 Å². The molecule has 3 nitrogen and oxygen atoms in total. The van der Waals surface area contributed by atoms with Crippen LogP contribution in [0.3, 0.4) is 0 Å². The highest BCUT2D eigenvalue weighted by Crippen LogP contribution is 2.36. The summed E-state index contributed by atoms with van der Waals surface area (Å²) in [6.45, 7) is 0.597. The van der Waals surface area contributed by atoms with Gasteiger partial charge in [0.05, 0.1) is 5.69 Å². The Morgan fingerprint density at radius 1 is 1.38 bits per heavy atom. The molecule has 2 heterocycles. The average Bonchev–Trinajstić information content (AvgIpc) is 3.07. The summed E-state index contributed by atoms with van der Waals surface area (Å²) in [5.74, 6) is -0.0315. The number of thiophene rings is 2. The Hall–Kier alpha value is -1.37. The summed E-state index contributed by atoms with van der Waals surface area (Å²) in [5, 5.41) is 5.00. The molecule has 0 aliphatic heterocycles. The zero-order chi connectivity index (χ0) is 15.0. The molecule has 0 fully saturated rings. The van der Waals surface area contributed by atoms with Crippen LogP contribution in [-0.4, -0.2) is 17.9 Å². The fourth-order valence-corrected chi connectivity index (χ4v) is 4.27. The normalized spacial score (nSPS) is 11.0. The van der Waals surface area contributed by atoms with Crippen LogP contribution < -0.4 is 5.73 Å². The van der Waals surface area contributed by atoms with Gasteiger partial charge in [0, 0.05) is 28.2 Å². The topological polar surface area (TPSA) is 46.3 Å². The van der Waals surface area contributed by atoms with E-state index in [2.05, 4.69) is 21.3 Å². The maximum Gasteiger partial charge on any atom is 0.266 e. The van der Waals surface area contributed by atoms with Crippen LogP contribution in [0.1, 0.15) is 15.2 Å². The van der Waals surface area contributed by atoms with Gasteiger partial charge in [-0.2, -0.15) is 11.3 Å². The number of rotatable bonds is 3. The molecule has 1 amide bonds. The van der Waals surface area contributed by atoms with Crippen molar-refractivity contribution in [1.29, 1.82) is 0 Å². The standard InChI is InChI=1S/C15H13BrN2OS2/c1-18(7-9-4-5-20-8-9)15(19)14-13(17)11-6-10(16)2-3-12(11)21-14/h2-6,8H,7,17H2,1H3. The first-order valence-electron chi connectivity index (χ1n) is 6.30. The number of nitrogen functional groups attached to an aromatic ring is 1. The van der Waals surface area contributed by atoms with E-state index in [-0.39, 0.29) is 5.91 Å². The number of nitrogens with zero attached hydrogens (tertiary/aromatic N) is 1. The first kappa shape index (κ1) is 14.6. The summed E-state index contributed by atoms with van der Waals surface area (Å²) in [6.07, 6.45) is 0. The SMILES string of the molecule is CN(Cc1ccsc1)C(=O)c1sc2ccc(Br)cc2c1N. The Morgan fingerprint density at radius 3 is 2.90 bits per heavy atom. The second-order valence-corrected chi connectivity index (χ2v) is 7.53. The first-order chi connectivity index (χ1) is 10.1. The molecular formula is C15H13BrN2OS2. The summed E-state index contributed by atoms with van der Waals surface area (Å²) >= 11 is 6.52. The number of anilines is 1. The second-order valence-electron chi connectivity index (χ2n) is 4.78. The molecule has 2 N–H and O–H groups in total. The van der Waals surface area contributed by atoms with Crippen LogP contribution in [0.2, 0.25) is 0 Å². The Labute approximate surface area is 139 Å². The van der Waals surface area contributed by atoms with E-state index in [1.54, 1.807) is 23.3 Å². The van der Waals surface area contributed by atoms with Gasteiger partial charge < -0.3 is 10.6 Å². The van der Waals surface area contributed by atoms with Crippen LogP contribution in [0.4, 0.5) is 5.69 Å². The quantitative estimate of drug-likeness (QED) is 0.722. The van der Waals surface area contributed by atoms with Gasteiger partial charge in [0.15, 0.2) is 0 Å².